The van der Waals surface area contributed by atoms with Gasteiger partial charge in [0, 0.05) is 31.6 Å². The zero-order valence-electron chi connectivity index (χ0n) is 19.6. The van der Waals surface area contributed by atoms with Gasteiger partial charge >= 0.3 is 11.9 Å². The summed E-state index contributed by atoms with van der Waals surface area (Å²) in [6.07, 6.45) is 5.79. The van der Waals surface area contributed by atoms with Crippen molar-refractivity contribution < 1.29 is 29.0 Å². The average Bonchev–Trinajstić information content (AvgIpc) is 2.99. The third-order valence-corrected chi connectivity index (χ3v) is 9.85. The molecule has 9 atom stereocenters. The van der Waals surface area contributed by atoms with E-state index in [1.54, 1.807) is 0 Å². The molecule has 0 unspecified atom stereocenters. The maximum Gasteiger partial charge on any atom is 0.302 e. The highest BCUT2D eigenvalue weighted by Gasteiger charge is 2.71. The van der Waals surface area contributed by atoms with Gasteiger partial charge in [0.2, 0.25) is 0 Å². The number of fused-ring (bicyclic) bond motifs is 5. The Balaban J connectivity index is 1.62. The van der Waals surface area contributed by atoms with Gasteiger partial charge in [-0.05, 0) is 75.0 Å². The number of esters is 2. The van der Waals surface area contributed by atoms with Gasteiger partial charge in [0.1, 0.15) is 17.8 Å². The summed E-state index contributed by atoms with van der Waals surface area (Å²) in [5, 5.41) is 12.2. The van der Waals surface area contributed by atoms with Crippen LogP contribution < -0.4 is 0 Å². The fourth-order valence-electron chi connectivity index (χ4n) is 8.48. The van der Waals surface area contributed by atoms with Crippen molar-refractivity contribution in [2.75, 3.05) is 0 Å². The normalized spacial score (nSPS) is 47.5. The summed E-state index contributed by atoms with van der Waals surface area (Å²) in [5.41, 5.74) is -2.05. The molecule has 0 spiro atoms. The number of Topliss-reactive ketones (excluding diaryl/α,β-unsaturated/α-hetero) is 1. The van der Waals surface area contributed by atoms with E-state index in [1.165, 1.54) is 13.8 Å². The van der Waals surface area contributed by atoms with Crippen molar-refractivity contribution in [3.8, 4) is 0 Å². The lowest BCUT2D eigenvalue weighted by Crippen LogP contribution is -2.70. The molecule has 4 aliphatic rings. The summed E-state index contributed by atoms with van der Waals surface area (Å²) in [6, 6.07) is 0. The third-order valence-electron chi connectivity index (χ3n) is 9.85. The van der Waals surface area contributed by atoms with Crippen molar-refractivity contribution in [2.24, 2.45) is 34.5 Å². The molecule has 31 heavy (non-hydrogen) atoms. The van der Waals surface area contributed by atoms with E-state index in [0.29, 0.717) is 19.3 Å². The second kappa shape index (κ2) is 7.57. The lowest BCUT2D eigenvalue weighted by atomic mass is 9.42. The van der Waals surface area contributed by atoms with Crippen LogP contribution in [-0.4, -0.2) is 40.6 Å². The van der Waals surface area contributed by atoms with E-state index in [4.69, 9.17) is 9.47 Å². The summed E-state index contributed by atoms with van der Waals surface area (Å²) in [4.78, 5) is 36.8. The molecule has 0 radical (unpaired) electrons. The molecule has 6 heteroatoms. The highest BCUT2D eigenvalue weighted by atomic mass is 16.5. The average molecular weight is 435 g/mol. The Morgan fingerprint density at radius 3 is 2.35 bits per heavy atom. The van der Waals surface area contributed by atoms with E-state index >= 15 is 0 Å². The van der Waals surface area contributed by atoms with E-state index in [2.05, 4.69) is 13.8 Å². The second-order valence-corrected chi connectivity index (χ2v) is 11.3. The van der Waals surface area contributed by atoms with Gasteiger partial charge in [-0.2, -0.15) is 0 Å². The summed E-state index contributed by atoms with van der Waals surface area (Å²) < 4.78 is 11.0. The first-order valence-electron chi connectivity index (χ1n) is 12.0. The van der Waals surface area contributed by atoms with Gasteiger partial charge in [0.05, 0.1) is 0 Å². The predicted molar refractivity (Wildman–Crippen MR) is 114 cm³/mol. The maximum atomic E-state index is 13.8. The fraction of sp³-hybridized carbons (Fsp3) is 0.880. The fourth-order valence-corrected chi connectivity index (χ4v) is 8.48. The maximum absolute atomic E-state index is 13.8. The Bertz CT molecular complexity index is 778. The van der Waals surface area contributed by atoms with Crippen LogP contribution in [0.15, 0.2) is 0 Å². The Kier molecular flexibility index (Phi) is 5.55. The first kappa shape index (κ1) is 22.8. The van der Waals surface area contributed by atoms with Gasteiger partial charge in [-0.3, -0.25) is 14.4 Å². The number of rotatable bonds is 3. The molecule has 4 rings (SSSR count). The Hall–Kier alpha value is -1.43. The number of carbonyl (C=O) groups is 3. The van der Waals surface area contributed by atoms with Crippen LogP contribution in [0.4, 0.5) is 0 Å². The van der Waals surface area contributed by atoms with Crippen molar-refractivity contribution >= 4 is 17.7 Å². The lowest BCUT2D eigenvalue weighted by molar-refractivity contribution is -0.231. The molecule has 0 aliphatic heterocycles. The van der Waals surface area contributed by atoms with Gasteiger partial charge in [-0.15, -0.1) is 0 Å². The van der Waals surface area contributed by atoms with Crippen LogP contribution >= 0.6 is 0 Å². The number of ketones is 1. The van der Waals surface area contributed by atoms with E-state index in [0.717, 1.165) is 32.1 Å². The van der Waals surface area contributed by atoms with Crippen molar-refractivity contribution in [1.82, 2.24) is 0 Å². The largest absolute Gasteiger partial charge is 0.463 e. The summed E-state index contributed by atoms with van der Waals surface area (Å²) in [5.74, 6) is -0.0593. The molecule has 0 aromatic heterocycles. The smallest absolute Gasteiger partial charge is 0.302 e. The topological polar surface area (TPSA) is 89.9 Å². The zero-order valence-corrected chi connectivity index (χ0v) is 19.6. The molecule has 0 bridgehead atoms. The van der Waals surface area contributed by atoms with Gasteiger partial charge in [0.15, 0.2) is 5.78 Å². The molecule has 0 aromatic carbocycles. The number of aliphatic hydroxyl groups is 1. The van der Waals surface area contributed by atoms with Crippen LogP contribution in [0, 0.1) is 34.5 Å². The van der Waals surface area contributed by atoms with Crippen LogP contribution in [0.2, 0.25) is 0 Å². The molecular formula is C25H38O6. The molecule has 4 aliphatic carbocycles. The minimum atomic E-state index is -1.32. The van der Waals surface area contributed by atoms with E-state index in [1.807, 2.05) is 6.92 Å². The van der Waals surface area contributed by atoms with Crippen LogP contribution in [0.3, 0.4) is 0 Å². The third kappa shape index (κ3) is 3.27. The number of hydrogen-bond acceptors (Lipinski definition) is 6. The molecule has 6 nitrogen and oxygen atoms in total. The van der Waals surface area contributed by atoms with Gasteiger partial charge in [-0.1, -0.05) is 13.8 Å². The van der Waals surface area contributed by atoms with E-state index in [9.17, 15) is 19.5 Å². The number of carbonyl (C=O) groups excluding carboxylic acids is 3. The quantitative estimate of drug-likeness (QED) is 0.679. The van der Waals surface area contributed by atoms with E-state index in [-0.39, 0.29) is 59.0 Å². The van der Waals surface area contributed by atoms with Crippen LogP contribution in [-0.2, 0) is 23.9 Å². The highest BCUT2D eigenvalue weighted by Crippen LogP contribution is 2.68. The predicted octanol–water partition coefficient (Wildman–Crippen LogP) is 3.82. The number of hydrogen-bond donors (Lipinski definition) is 1. The van der Waals surface area contributed by atoms with Gasteiger partial charge in [-0.25, -0.2) is 0 Å². The first-order valence-corrected chi connectivity index (χ1v) is 12.0. The molecule has 4 saturated carbocycles. The molecular weight excluding hydrogens is 396 g/mol. The van der Waals surface area contributed by atoms with Crippen molar-refractivity contribution in [2.45, 2.75) is 104 Å². The molecule has 4 fully saturated rings. The van der Waals surface area contributed by atoms with Crippen molar-refractivity contribution in [3.63, 3.8) is 0 Å². The minimum absolute atomic E-state index is 0.0312. The second-order valence-electron chi connectivity index (χ2n) is 11.3. The monoisotopic (exact) mass is 434 g/mol. The van der Waals surface area contributed by atoms with Crippen LogP contribution in [0.1, 0.15) is 86.0 Å². The summed E-state index contributed by atoms with van der Waals surface area (Å²) in [6.45, 7) is 9.10. The standard InChI is InChI=1S/C25H38O6/c1-14(30-15(2)26)19-8-9-20-21-7-6-17-12-18(31-16(3)27)10-11-24(17,5)25(21,29)22(28)13-23(19,20)4/h14,17-21,29H,6-13H2,1-5H3/t14-,17+,18-,19-,20+,21-,23-,24-,25+/m1/s1. The Labute approximate surface area is 185 Å². The van der Waals surface area contributed by atoms with Crippen LogP contribution in [0.25, 0.3) is 0 Å². The highest BCUT2D eigenvalue weighted by molar-refractivity contribution is 5.90. The van der Waals surface area contributed by atoms with E-state index < -0.39 is 11.0 Å². The molecule has 0 saturated heterocycles. The van der Waals surface area contributed by atoms with Gasteiger partial charge < -0.3 is 14.6 Å². The summed E-state index contributed by atoms with van der Waals surface area (Å²) >= 11 is 0. The van der Waals surface area contributed by atoms with Crippen molar-refractivity contribution in [3.05, 3.63) is 0 Å². The molecule has 0 amide bonds. The van der Waals surface area contributed by atoms with Crippen molar-refractivity contribution in [1.29, 1.82) is 0 Å². The molecule has 0 heterocycles. The molecule has 1 N–H and O–H groups in total. The van der Waals surface area contributed by atoms with Gasteiger partial charge in [0.25, 0.3) is 0 Å². The Morgan fingerprint density at radius 1 is 1.03 bits per heavy atom. The summed E-state index contributed by atoms with van der Waals surface area (Å²) in [7, 11) is 0. The molecule has 174 valence electrons. The minimum Gasteiger partial charge on any atom is -0.463 e. The Morgan fingerprint density at radius 2 is 1.71 bits per heavy atom. The zero-order chi connectivity index (χ0) is 22.8. The van der Waals surface area contributed by atoms with Crippen LogP contribution in [0.5, 0.6) is 0 Å². The number of ether oxygens (including phenoxy) is 2. The lowest BCUT2D eigenvalue weighted by Gasteiger charge is -2.64. The first-order chi connectivity index (χ1) is 14.4. The molecule has 0 aromatic rings. The SMILES string of the molecule is CC(=O)O[C@@H]1CC[C@]2(C)[C@@H](CC[C@@H]3[C@@H]4CC[C@H]([C@@H](C)OC(C)=O)[C@@]4(C)CC(=O)[C@@]32O)C1.